The van der Waals surface area contributed by atoms with Crippen molar-refractivity contribution >= 4 is 34.5 Å². The van der Waals surface area contributed by atoms with Crippen LogP contribution >= 0.6 is 11.8 Å². The van der Waals surface area contributed by atoms with Crippen LogP contribution in [0.25, 0.3) is 10.9 Å². The fourth-order valence-corrected chi connectivity index (χ4v) is 2.18. The van der Waals surface area contributed by atoms with Gasteiger partial charge in [-0.3, -0.25) is 14.9 Å². The van der Waals surface area contributed by atoms with E-state index in [4.69, 9.17) is 0 Å². The summed E-state index contributed by atoms with van der Waals surface area (Å²) in [5, 5.41) is 4.06. The minimum absolute atomic E-state index is 0.185. The Balaban J connectivity index is 2.04. The number of benzene rings is 1. The molecule has 0 aliphatic rings. The number of fused-ring (bicyclic) bond motifs is 1. The second-order valence-corrected chi connectivity index (χ2v) is 4.73. The molecule has 0 aliphatic carbocycles. The third-order valence-electron chi connectivity index (χ3n) is 2.24. The van der Waals surface area contributed by atoms with Gasteiger partial charge in [0.2, 0.25) is 11.8 Å². The third-order valence-corrected chi connectivity index (χ3v) is 3.17. The van der Waals surface area contributed by atoms with Crippen molar-refractivity contribution in [2.45, 2.75) is 11.9 Å². The number of carbonyl (C=O) groups excluding carboxylic acids is 2. The summed E-state index contributed by atoms with van der Waals surface area (Å²) >= 11 is 1.31. The number of para-hydroxylation sites is 1. The topological polar surface area (TPSA) is 59.1 Å². The maximum absolute atomic E-state index is 11.3. The largest absolute Gasteiger partial charge is 0.296 e. The van der Waals surface area contributed by atoms with E-state index in [-0.39, 0.29) is 17.6 Å². The number of aromatic nitrogens is 1. The van der Waals surface area contributed by atoms with Crippen LogP contribution < -0.4 is 5.32 Å². The van der Waals surface area contributed by atoms with Gasteiger partial charge in [0.25, 0.3) is 0 Å². The average Bonchev–Trinajstić information content (AvgIpc) is 2.35. The lowest BCUT2D eigenvalue weighted by Crippen LogP contribution is -2.29. The molecule has 1 heterocycles. The van der Waals surface area contributed by atoms with E-state index in [0.717, 1.165) is 15.9 Å². The van der Waals surface area contributed by atoms with Crippen LogP contribution in [-0.2, 0) is 9.59 Å². The van der Waals surface area contributed by atoms with Gasteiger partial charge in [-0.05, 0) is 12.1 Å². The highest BCUT2D eigenvalue weighted by atomic mass is 32.2. The first-order valence-electron chi connectivity index (χ1n) is 5.44. The number of hydrogen-bond acceptors (Lipinski definition) is 4. The van der Waals surface area contributed by atoms with E-state index in [1.807, 2.05) is 36.4 Å². The number of amides is 2. The highest BCUT2D eigenvalue weighted by molar-refractivity contribution is 7.99. The number of carbonyl (C=O) groups is 2. The van der Waals surface area contributed by atoms with Crippen LogP contribution in [-0.4, -0.2) is 22.6 Å². The van der Waals surface area contributed by atoms with E-state index < -0.39 is 0 Å². The second-order valence-electron chi connectivity index (χ2n) is 3.74. The van der Waals surface area contributed by atoms with Crippen LogP contribution in [0.3, 0.4) is 0 Å². The SMILES string of the molecule is CC(=O)NC(=O)CSc1ccc2ccccc2n1. The van der Waals surface area contributed by atoms with Gasteiger partial charge >= 0.3 is 0 Å². The van der Waals surface area contributed by atoms with Crippen molar-refractivity contribution < 1.29 is 9.59 Å². The number of rotatable bonds is 3. The summed E-state index contributed by atoms with van der Waals surface area (Å²) in [6, 6.07) is 11.6. The molecule has 0 aliphatic heterocycles. The van der Waals surface area contributed by atoms with E-state index >= 15 is 0 Å². The summed E-state index contributed by atoms with van der Waals surface area (Å²) < 4.78 is 0. The molecule has 0 spiro atoms. The van der Waals surface area contributed by atoms with E-state index in [2.05, 4.69) is 10.3 Å². The summed E-state index contributed by atoms with van der Waals surface area (Å²) in [7, 11) is 0. The summed E-state index contributed by atoms with van der Waals surface area (Å²) in [6.45, 7) is 1.32. The van der Waals surface area contributed by atoms with Crippen LogP contribution in [0.5, 0.6) is 0 Å². The zero-order chi connectivity index (χ0) is 13.0. The predicted octanol–water partition coefficient (Wildman–Crippen LogP) is 1.99. The summed E-state index contributed by atoms with van der Waals surface area (Å²) in [5.41, 5.74) is 0.898. The highest BCUT2D eigenvalue weighted by Gasteiger charge is 2.05. The number of nitrogens with zero attached hydrogens (tertiary/aromatic N) is 1. The van der Waals surface area contributed by atoms with Crippen molar-refractivity contribution in [3.63, 3.8) is 0 Å². The molecule has 5 heteroatoms. The van der Waals surface area contributed by atoms with E-state index in [1.54, 1.807) is 0 Å². The van der Waals surface area contributed by atoms with Gasteiger partial charge in [0.05, 0.1) is 16.3 Å². The van der Waals surface area contributed by atoms with Gasteiger partial charge < -0.3 is 0 Å². The molecule has 18 heavy (non-hydrogen) atoms. The Bertz CT molecular complexity index is 598. The van der Waals surface area contributed by atoms with Crippen LogP contribution in [0.1, 0.15) is 6.92 Å². The van der Waals surface area contributed by atoms with Crippen LogP contribution in [0, 0.1) is 0 Å². The molecule has 2 aromatic rings. The number of thioether (sulfide) groups is 1. The van der Waals surface area contributed by atoms with E-state index in [1.165, 1.54) is 18.7 Å². The molecule has 92 valence electrons. The van der Waals surface area contributed by atoms with Gasteiger partial charge in [0.15, 0.2) is 0 Å². The zero-order valence-electron chi connectivity index (χ0n) is 9.84. The number of pyridine rings is 1. The van der Waals surface area contributed by atoms with Crippen molar-refractivity contribution in [3.8, 4) is 0 Å². The van der Waals surface area contributed by atoms with Crippen molar-refractivity contribution in [1.82, 2.24) is 10.3 Å². The normalized spacial score (nSPS) is 10.3. The molecule has 1 aromatic heterocycles. The molecule has 0 fully saturated rings. The van der Waals surface area contributed by atoms with Crippen LogP contribution in [0.4, 0.5) is 0 Å². The molecular weight excluding hydrogens is 248 g/mol. The molecule has 0 radical (unpaired) electrons. The fourth-order valence-electron chi connectivity index (χ4n) is 1.50. The van der Waals surface area contributed by atoms with Gasteiger partial charge in [-0.25, -0.2) is 4.98 Å². The number of imide groups is 1. The third kappa shape index (κ3) is 3.30. The molecule has 2 rings (SSSR count). The molecular formula is C13H12N2O2S. The Morgan fingerprint density at radius 1 is 1.22 bits per heavy atom. The molecule has 0 saturated heterocycles. The molecule has 0 bridgehead atoms. The predicted molar refractivity (Wildman–Crippen MR) is 71.3 cm³/mol. The first-order valence-corrected chi connectivity index (χ1v) is 6.43. The second kappa shape index (κ2) is 5.64. The van der Waals surface area contributed by atoms with Crippen molar-refractivity contribution in [2.75, 3.05) is 5.75 Å². The molecule has 0 atom stereocenters. The Kier molecular flexibility index (Phi) is 3.94. The zero-order valence-corrected chi connectivity index (χ0v) is 10.7. The fraction of sp³-hybridized carbons (Fsp3) is 0.154. The molecule has 2 amide bonds. The van der Waals surface area contributed by atoms with Gasteiger partial charge in [0.1, 0.15) is 0 Å². The average molecular weight is 260 g/mol. The first-order chi connectivity index (χ1) is 8.65. The number of hydrogen-bond donors (Lipinski definition) is 1. The molecule has 0 unspecified atom stereocenters. The lowest BCUT2D eigenvalue weighted by atomic mass is 10.2. The minimum atomic E-state index is -0.341. The van der Waals surface area contributed by atoms with Crippen molar-refractivity contribution in [2.24, 2.45) is 0 Å². The molecule has 4 nitrogen and oxygen atoms in total. The van der Waals surface area contributed by atoms with Gasteiger partial charge in [-0.1, -0.05) is 36.0 Å². The van der Waals surface area contributed by atoms with Gasteiger partial charge in [-0.2, -0.15) is 0 Å². The maximum atomic E-state index is 11.3. The maximum Gasteiger partial charge on any atom is 0.236 e. The Morgan fingerprint density at radius 3 is 2.78 bits per heavy atom. The first kappa shape index (κ1) is 12.6. The highest BCUT2D eigenvalue weighted by Crippen LogP contribution is 2.19. The minimum Gasteiger partial charge on any atom is -0.296 e. The van der Waals surface area contributed by atoms with Gasteiger partial charge in [0, 0.05) is 12.3 Å². The van der Waals surface area contributed by atoms with Crippen LogP contribution in [0.15, 0.2) is 41.4 Å². The molecule has 1 aromatic carbocycles. The number of nitrogens with one attached hydrogen (secondary N) is 1. The Labute approximate surface area is 109 Å². The summed E-state index contributed by atoms with van der Waals surface area (Å²) in [5.74, 6) is -0.459. The van der Waals surface area contributed by atoms with Gasteiger partial charge in [-0.15, -0.1) is 0 Å². The summed E-state index contributed by atoms with van der Waals surface area (Å²) in [4.78, 5) is 26.4. The summed E-state index contributed by atoms with van der Waals surface area (Å²) in [6.07, 6.45) is 0. The standard InChI is InChI=1S/C13H12N2O2S/c1-9(16)14-12(17)8-18-13-7-6-10-4-2-3-5-11(10)15-13/h2-7H,8H2,1H3,(H,14,16,17). The lowest BCUT2D eigenvalue weighted by molar-refractivity contribution is -0.127. The smallest absolute Gasteiger partial charge is 0.236 e. The quantitative estimate of drug-likeness (QED) is 0.857. The van der Waals surface area contributed by atoms with Crippen LogP contribution in [0.2, 0.25) is 0 Å². The Morgan fingerprint density at radius 2 is 2.00 bits per heavy atom. The lowest BCUT2D eigenvalue weighted by Gasteiger charge is -2.02. The van der Waals surface area contributed by atoms with E-state index in [9.17, 15) is 9.59 Å². The van der Waals surface area contributed by atoms with Crippen molar-refractivity contribution in [3.05, 3.63) is 36.4 Å². The Hall–Kier alpha value is -1.88. The monoisotopic (exact) mass is 260 g/mol. The van der Waals surface area contributed by atoms with E-state index in [0.29, 0.717) is 0 Å². The van der Waals surface area contributed by atoms with Crippen molar-refractivity contribution in [1.29, 1.82) is 0 Å². The molecule has 1 N–H and O–H groups in total. The molecule has 0 saturated carbocycles.